The summed E-state index contributed by atoms with van der Waals surface area (Å²) in [6.45, 7) is 4.59. The second-order valence-corrected chi connectivity index (χ2v) is 6.38. The van der Waals surface area contributed by atoms with Gasteiger partial charge in [-0.1, -0.05) is 30.3 Å². The molecule has 1 aromatic heterocycles. The number of rotatable bonds is 6. The number of hydrogen-bond donors (Lipinski definition) is 2. The minimum Gasteiger partial charge on any atom is -0.497 e. The fourth-order valence-electron chi connectivity index (χ4n) is 2.81. The van der Waals surface area contributed by atoms with Crippen molar-refractivity contribution < 1.29 is 9.53 Å². The molecule has 3 aromatic rings. The molecule has 0 fully saturated rings. The van der Waals surface area contributed by atoms with Crippen molar-refractivity contribution in [3.63, 3.8) is 0 Å². The molecule has 1 heterocycles. The van der Waals surface area contributed by atoms with Crippen LogP contribution in [0.25, 0.3) is 0 Å². The van der Waals surface area contributed by atoms with E-state index in [2.05, 4.69) is 15.6 Å². The number of amides is 1. The van der Waals surface area contributed by atoms with Crippen molar-refractivity contribution in [3.8, 4) is 5.75 Å². The SMILES string of the molecule is COc1ccc(CNc2cncc(C(=O)Nc3c(C)cccc3C)c2)cc1. The van der Waals surface area contributed by atoms with Crippen LogP contribution in [0.3, 0.4) is 0 Å². The fourth-order valence-corrected chi connectivity index (χ4v) is 2.81. The summed E-state index contributed by atoms with van der Waals surface area (Å²) in [5, 5.41) is 6.28. The molecule has 5 nitrogen and oxygen atoms in total. The van der Waals surface area contributed by atoms with Gasteiger partial charge in [-0.2, -0.15) is 0 Å². The number of ether oxygens (including phenoxy) is 1. The fraction of sp³-hybridized carbons (Fsp3) is 0.182. The Hall–Kier alpha value is -3.34. The normalized spacial score (nSPS) is 10.3. The Morgan fingerprint density at radius 3 is 2.41 bits per heavy atom. The molecule has 0 aliphatic heterocycles. The third-order valence-electron chi connectivity index (χ3n) is 4.38. The first-order valence-corrected chi connectivity index (χ1v) is 8.76. The molecule has 0 aliphatic rings. The van der Waals surface area contributed by atoms with Gasteiger partial charge in [0, 0.05) is 24.6 Å². The zero-order chi connectivity index (χ0) is 19.2. The number of methoxy groups -OCH3 is 1. The smallest absolute Gasteiger partial charge is 0.257 e. The van der Waals surface area contributed by atoms with Gasteiger partial charge in [0.15, 0.2) is 0 Å². The maximum atomic E-state index is 12.6. The average molecular weight is 361 g/mol. The van der Waals surface area contributed by atoms with Gasteiger partial charge in [-0.15, -0.1) is 0 Å². The molecule has 0 bridgehead atoms. The van der Waals surface area contributed by atoms with Crippen molar-refractivity contribution in [2.75, 3.05) is 17.7 Å². The third-order valence-corrected chi connectivity index (χ3v) is 4.38. The Kier molecular flexibility index (Phi) is 5.71. The van der Waals surface area contributed by atoms with Gasteiger partial charge in [0.05, 0.1) is 18.4 Å². The maximum absolute atomic E-state index is 12.6. The summed E-state index contributed by atoms with van der Waals surface area (Å²) in [7, 11) is 1.65. The average Bonchev–Trinajstić information content (AvgIpc) is 2.70. The molecule has 5 heteroatoms. The number of carbonyl (C=O) groups is 1. The molecule has 0 radical (unpaired) electrons. The van der Waals surface area contributed by atoms with Gasteiger partial charge in [0.25, 0.3) is 5.91 Å². The van der Waals surface area contributed by atoms with Crippen LogP contribution < -0.4 is 15.4 Å². The first kappa shape index (κ1) is 18.5. The first-order chi connectivity index (χ1) is 13.1. The summed E-state index contributed by atoms with van der Waals surface area (Å²) in [5.41, 5.74) is 5.33. The number of pyridine rings is 1. The van der Waals surface area contributed by atoms with E-state index < -0.39 is 0 Å². The molecule has 2 aromatic carbocycles. The van der Waals surface area contributed by atoms with Crippen molar-refractivity contribution in [1.82, 2.24) is 4.98 Å². The van der Waals surface area contributed by atoms with Gasteiger partial charge in [-0.05, 0) is 48.7 Å². The Balaban J connectivity index is 1.68. The molecule has 3 rings (SSSR count). The lowest BCUT2D eigenvalue weighted by atomic mass is 10.1. The van der Waals surface area contributed by atoms with E-state index in [1.807, 2.05) is 56.3 Å². The minimum absolute atomic E-state index is 0.173. The Bertz CT molecular complexity index is 916. The summed E-state index contributed by atoms with van der Waals surface area (Å²) in [6.07, 6.45) is 3.28. The molecule has 0 spiro atoms. The standard InChI is InChI=1S/C22H23N3O2/c1-15-5-4-6-16(2)21(15)25-22(26)18-11-19(14-23-13-18)24-12-17-7-9-20(27-3)10-8-17/h4-11,13-14,24H,12H2,1-3H3,(H,25,26). The lowest BCUT2D eigenvalue weighted by Crippen LogP contribution is -2.14. The van der Waals surface area contributed by atoms with Crippen LogP contribution in [0.5, 0.6) is 5.75 Å². The van der Waals surface area contributed by atoms with Crippen LogP contribution in [-0.2, 0) is 6.54 Å². The molecule has 0 saturated heterocycles. The van der Waals surface area contributed by atoms with Gasteiger partial charge < -0.3 is 15.4 Å². The number of aromatic nitrogens is 1. The number of aryl methyl sites for hydroxylation is 2. The number of carbonyl (C=O) groups excluding carboxylic acids is 1. The van der Waals surface area contributed by atoms with Crippen LogP contribution in [0.1, 0.15) is 27.0 Å². The van der Waals surface area contributed by atoms with Crippen LogP contribution >= 0.6 is 0 Å². The van der Waals surface area contributed by atoms with E-state index in [9.17, 15) is 4.79 Å². The molecule has 138 valence electrons. The Labute approximate surface area is 159 Å². The highest BCUT2D eigenvalue weighted by Gasteiger charge is 2.10. The predicted octanol–water partition coefficient (Wildman–Crippen LogP) is 4.57. The predicted molar refractivity (Wildman–Crippen MR) is 108 cm³/mol. The topological polar surface area (TPSA) is 63.2 Å². The second kappa shape index (κ2) is 8.36. The van der Waals surface area contributed by atoms with Gasteiger partial charge in [-0.3, -0.25) is 9.78 Å². The molecular formula is C22H23N3O2. The number of nitrogens with one attached hydrogen (secondary N) is 2. The van der Waals surface area contributed by atoms with Crippen LogP contribution in [0.4, 0.5) is 11.4 Å². The van der Waals surface area contributed by atoms with E-state index in [1.54, 1.807) is 25.6 Å². The third kappa shape index (κ3) is 4.64. The number of hydrogen-bond acceptors (Lipinski definition) is 4. The van der Waals surface area contributed by atoms with Crippen molar-refractivity contribution in [1.29, 1.82) is 0 Å². The van der Waals surface area contributed by atoms with Crippen LogP contribution in [0.15, 0.2) is 60.9 Å². The maximum Gasteiger partial charge on any atom is 0.257 e. The van der Waals surface area contributed by atoms with E-state index in [0.29, 0.717) is 12.1 Å². The highest BCUT2D eigenvalue weighted by atomic mass is 16.5. The van der Waals surface area contributed by atoms with E-state index >= 15 is 0 Å². The van der Waals surface area contributed by atoms with Crippen molar-refractivity contribution in [3.05, 3.63) is 83.2 Å². The van der Waals surface area contributed by atoms with Crippen molar-refractivity contribution in [2.45, 2.75) is 20.4 Å². The monoisotopic (exact) mass is 361 g/mol. The summed E-state index contributed by atoms with van der Waals surface area (Å²) in [6, 6.07) is 15.6. The van der Waals surface area contributed by atoms with Gasteiger partial charge in [0.1, 0.15) is 5.75 Å². The van der Waals surface area contributed by atoms with Gasteiger partial charge in [-0.25, -0.2) is 0 Å². The van der Waals surface area contributed by atoms with Crippen LogP contribution in [0, 0.1) is 13.8 Å². The lowest BCUT2D eigenvalue weighted by molar-refractivity contribution is 0.102. The number of benzene rings is 2. The van der Waals surface area contributed by atoms with E-state index in [1.165, 1.54) is 0 Å². The molecular weight excluding hydrogens is 338 g/mol. The highest BCUT2D eigenvalue weighted by Crippen LogP contribution is 2.21. The first-order valence-electron chi connectivity index (χ1n) is 8.76. The largest absolute Gasteiger partial charge is 0.497 e. The van der Waals surface area contributed by atoms with Gasteiger partial charge in [0.2, 0.25) is 0 Å². The number of anilines is 2. The summed E-state index contributed by atoms with van der Waals surface area (Å²) < 4.78 is 5.16. The molecule has 0 unspecified atom stereocenters. The number of para-hydroxylation sites is 1. The van der Waals surface area contributed by atoms with E-state index in [0.717, 1.165) is 33.8 Å². The zero-order valence-electron chi connectivity index (χ0n) is 15.7. The lowest BCUT2D eigenvalue weighted by Gasteiger charge is -2.12. The minimum atomic E-state index is -0.173. The van der Waals surface area contributed by atoms with E-state index in [-0.39, 0.29) is 5.91 Å². The quantitative estimate of drug-likeness (QED) is 0.675. The molecule has 2 N–H and O–H groups in total. The molecule has 0 atom stereocenters. The Morgan fingerprint density at radius 2 is 1.74 bits per heavy atom. The molecule has 0 aliphatic carbocycles. The van der Waals surface area contributed by atoms with Gasteiger partial charge >= 0.3 is 0 Å². The summed E-state index contributed by atoms with van der Waals surface area (Å²) >= 11 is 0. The van der Waals surface area contributed by atoms with Crippen molar-refractivity contribution >= 4 is 17.3 Å². The van der Waals surface area contributed by atoms with Crippen molar-refractivity contribution in [2.24, 2.45) is 0 Å². The molecule has 27 heavy (non-hydrogen) atoms. The van der Waals surface area contributed by atoms with Crippen LogP contribution in [-0.4, -0.2) is 18.0 Å². The molecule has 1 amide bonds. The van der Waals surface area contributed by atoms with E-state index in [4.69, 9.17) is 4.74 Å². The second-order valence-electron chi connectivity index (χ2n) is 6.38. The summed E-state index contributed by atoms with van der Waals surface area (Å²) in [5.74, 6) is 0.651. The number of nitrogens with zero attached hydrogens (tertiary/aromatic N) is 1. The summed E-state index contributed by atoms with van der Waals surface area (Å²) in [4.78, 5) is 16.8. The Morgan fingerprint density at radius 1 is 1.04 bits per heavy atom. The zero-order valence-corrected chi connectivity index (χ0v) is 15.7. The molecule has 0 saturated carbocycles. The highest BCUT2D eigenvalue weighted by molar-refractivity contribution is 6.05. The van der Waals surface area contributed by atoms with Crippen LogP contribution in [0.2, 0.25) is 0 Å².